The Morgan fingerprint density at radius 2 is 1.84 bits per heavy atom. The van der Waals surface area contributed by atoms with Crippen LogP contribution in [0.15, 0.2) is 66.7 Å². The van der Waals surface area contributed by atoms with Gasteiger partial charge in [0.2, 0.25) is 0 Å². The molecule has 1 heterocycles. The lowest BCUT2D eigenvalue weighted by atomic mass is 10.1. The molecule has 4 rings (SSSR count). The zero-order valence-corrected chi connectivity index (χ0v) is 19.2. The van der Waals surface area contributed by atoms with Crippen molar-refractivity contribution in [2.24, 2.45) is 0 Å². The highest BCUT2D eigenvalue weighted by Crippen LogP contribution is 2.23. The lowest BCUT2D eigenvalue weighted by molar-refractivity contribution is 0.0937. The molecular weight excluding hydrogens is 422 g/mol. The van der Waals surface area contributed by atoms with Gasteiger partial charge < -0.3 is 14.6 Å². The number of aromatic nitrogens is 2. The van der Waals surface area contributed by atoms with Crippen LogP contribution in [0.25, 0.3) is 11.0 Å². The number of carbonyl (C=O) groups is 1. The second-order valence-corrected chi connectivity index (χ2v) is 8.31. The molecule has 6 heteroatoms. The number of carbonyl (C=O) groups excluding carboxylic acids is 1. The Balaban J connectivity index is 1.55. The molecule has 1 unspecified atom stereocenters. The van der Waals surface area contributed by atoms with Crippen LogP contribution in [0.1, 0.15) is 40.3 Å². The molecule has 0 aliphatic heterocycles. The largest absolute Gasteiger partial charge is 0.491 e. The van der Waals surface area contributed by atoms with Crippen LogP contribution in [0.4, 0.5) is 0 Å². The van der Waals surface area contributed by atoms with E-state index in [1.807, 2.05) is 50.2 Å². The molecule has 0 aliphatic rings. The van der Waals surface area contributed by atoms with Gasteiger partial charge in [-0.25, -0.2) is 4.98 Å². The predicted molar refractivity (Wildman–Crippen MR) is 128 cm³/mol. The molecule has 164 valence electrons. The summed E-state index contributed by atoms with van der Waals surface area (Å²) in [4.78, 5) is 17.6. The highest BCUT2D eigenvalue weighted by atomic mass is 35.5. The van der Waals surface area contributed by atoms with Crippen molar-refractivity contribution in [1.29, 1.82) is 0 Å². The maximum Gasteiger partial charge on any atom is 0.253 e. The normalized spacial score (nSPS) is 12.0. The second kappa shape index (κ2) is 9.45. The Morgan fingerprint density at radius 3 is 2.62 bits per heavy atom. The summed E-state index contributed by atoms with van der Waals surface area (Å²) >= 11 is 6.20. The third-order valence-electron chi connectivity index (χ3n) is 5.44. The summed E-state index contributed by atoms with van der Waals surface area (Å²) in [5, 5.41) is 3.45. The van der Waals surface area contributed by atoms with Crippen molar-refractivity contribution in [1.82, 2.24) is 14.9 Å². The third-order valence-corrected chi connectivity index (χ3v) is 5.77. The Kier molecular flexibility index (Phi) is 6.47. The van der Waals surface area contributed by atoms with Crippen molar-refractivity contribution in [2.45, 2.75) is 33.4 Å². The summed E-state index contributed by atoms with van der Waals surface area (Å²) in [6.45, 7) is 7.14. The highest BCUT2D eigenvalue weighted by molar-refractivity contribution is 6.33. The number of imidazole rings is 1. The molecule has 0 saturated heterocycles. The van der Waals surface area contributed by atoms with Crippen molar-refractivity contribution in [3.63, 3.8) is 0 Å². The first-order valence-corrected chi connectivity index (χ1v) is 11.0. The van der Waals surface area contributed by atoms with Gasteiger partial charge in [-0.1, -0.05) is 53.6 Å². The van der Waals surface area contributed by atoms with E-state index < -0.39 is 0 Å². The van der Waals surface area contributed by atoms with Gasteiger partial charge in [-0.2, -0.15) is 0 Å². The zero-order valence-electron chi connectivity index (χ0n) is 18.4. The van der Waals surface area contributed by atoms with Crippen LogP contribution in [0.5, 0.6) is 5.75 Å². The van der Waals surface area contributed by atoms with E-state index in [0.717, 1.165) is 28.2 Å². The number of amides is 1. The predicted octanol–water partition coefficient (Wildman–Crippen LogP) is 5.88. The van der Waals surface area contributed by atoms with Gasteiger partial charge in [0.25, 0.3) is 5.91 Å². The number of hydrogen-bond acceptors (Lipinski definition) is 3. The average molecular weight is 448 g/mol. The third kappa shape index (κ3) is 4.63. The number of nitrogens with zero attached hydrogens (tertiary/aromatic N) is 2. The van der Waals surface area contributed by atoms with Crippen LogP contribution in [-0.4, -0.2) is 22.1 Å². The minimum Gasteiger partial charge on any atom is -0.491 e. The number of rotatable bonds is 7. The van der Waals surface area contributed by atoms with Gasteiger partial charge in [0.05, 0.1) is 34.2 Å². The fraction of sp³-hybridized carbons (Fsp3) is 0.231. The minimum atomic E-state index is -0.313. The van der Waals surface area contributed by atoms with E-state index in [9.17, 15) is 4.79 Å². The van der Waals surface area contributed by atoms with E-state index in [1.54, 1.807) is 24.3 Å². The summed E-state index contributed by atoms with van der Waals surface area (Å²) in [5.41, 5.74) is 4.65. The smallest absolute Gasteiger partial charge is 0.253 e. The first-order chi connectivity index (χ1) is 15.4. The summed E-state index contributed by atoms with van der Waals surface area (Å²) in [6, 6.07) is 20.8. The van der Waals surface area contributed by atoms with Crippen LogP contribution >= 0.6 is 11.6 Å². The molecule has 0 radical (unpaired) electrons. The van der Waals surface area contributed by atoms with E-state index in [2.05, 4.69) is 22.9 Å². The Labute approximate surface area is 193 Å². The molecule has 0 aliphatic carbocycles. The molecule has 1 atom stereocenters. The Bertz CT molecular complexity index is 1270. The molecule has 0 fully saturated rings. The van der Waals surface area contributed by atoms with E-state index in [4.69, 9.17) is 21.3 Å². The first kappa shape index (κ1) is 21.9. The van der Waals surface area contributed by atoms with E-state index in [1.165, 1.54) is 5.56 Å². The van der Waals surface area contributed by atoms with Crippen molar-refractivity contribution >= 4 is 28.5 Å². The van der Waals surface area contributed by atoms with Crippen LogP contribution in [0.2, 0.25) is 5.02 Å². The molecule has 0 spiro atoms. The molecule has 1 aromatic heterocycles. The van der Waals surface area contributed by atoms with Crippen molar-refractivity contribution in [3.8, 4) is 5.75 Å². The highest BCUT2D eigenvalue weighted by Gasteiger charge is 2.20. The Hall–Kier alpha value is -3.31. The molecular formula is C26H26ClN3O2. The average Bonchev–Trinajstić information content (AvgIpc) is 3.14. The fourth-order valence-electron chi connectivity index (χ4n) is 3.85. The fourth-order valence-corrected chi connectivity index (χ4v) is 4.07. The van der Waals surface area contributed by atoms with Crippen molar-refractivity contribution in [2.75, 3.05) is 6.61 Å². The minimum absolute atomic E-state index is 0.228. The number of hydrogen-bond donors (Lipinski definition) is 1. The van der Waals surface area contributed by atoms with E-state index in [0.29, 0.717) is 23.7 Å². The Morgan fingerprint density at radius 1 is 1.09 bits per heavy atom. The van der Waals surface area contributed by atoms with Gasteiger partial charge in [0, 0.05) is 0 Å². The molecule has 5 nitrogen and oxygen atoms in total. The quantitative estimate of drug-likeness (QED) is 0.385. The topological polar surface area (TPSA) is 56.1 Å². The number of para-hydroxylation sites is 2. The van der Waals surface area contributed by atoms with Crippen LogP contribution in [-0.2, 0) is 6.54 Å². The summed E-state index contributed by atoms with van der Waals surface area (Å²) in [7, 11) is 0. The number of aryl methyl sites for hydroxylation is 2. The molecule has 1 N–H and O–H groups in total. The lowest BCUT2D eigenvalue weighted by Crippen LogP contribution is -2.29. The summed E-state index contributed by atoms with van der Waals surface area (Å²) in [5.74, 6) is 1.42. The number of ether oxygens (including phenoxy) is 1. The number of halogens is 1. The maximum atomic E-state index is 12.8. The lowest BCUT2D eigenvalue weighted by Gasteiger charge is -2.17. The van der Waals surface area contributed by atoms with Gasteiger partial charge in [0.15, 0.2) is 0 Å². The van der Waals surface area contributed by atoms with E-state index in [-0.39, 0.29) is 11.9 Å². The zero-order chi connectivity index (χ0) is 22.7. The first-order valence-electron chi connectivity index (χ1n) is 10.6. The van der Waals surface area contributed by atoms with Crippen LogP contribution < -0.4 is 10.1 Å². The molecule has 3 aromatic carbocycles. The van der Waals surface area contributed by atoms with Gasteiger partial charge in [0.1, 0.15) is 18.2 Å². The number of nitrogens with one attached hydrogen (secondary N) is 1. The van der Waals surface area contributed by atoms with Gasteiger partial charge in [-0.05, 0) is 56.7 Å². The molecule has 0 saturated carbocycles. The SMILES string of the molecule is Cc1ccc(OCCn2c(C(C)NC(=O)c3ccccc3Cl)nc3ccccc32)c(C)c1. The van der Waals surface area contributed by atoms with Gasteiger partial charge in [-0.15, -0.1) is 0 Å². The van der Waals surface area contributed by atoms with E-state index >= 15 is 0 Å². The summed E-state index contributed by atoms with van der Waals surface area (Å²) < 4.78 is 8.17. The number of fused-ring (bicyclic) bond motifs is 1. The second-order valence-electron chi connectivity index (χ2n) is 7.90. The van der Waals surface area contributed by atoms with Crippen molar-refractivity contribution in [3.05, 3.63) is 94.3 Å². The molecule has 1 amide bonds. The molecule has 32 heavy (non-hydrogen) atoms. The van der Waals surface area contributed by atoms with Crippen molar-refractivity contribution < 1.29 is 9.53 Å². The molecule has 0 bridgehead atoms. The standard InChI is InChI=1S/C26H26ClN3O2/c1-17-12-13-24(18(2)16-17)32-15-14-30-23-11-7-6-10-22(23)29-25(30)19(3)28-26(31)20-8-4-5-9-21(20)27/h4-13,16,19H,14-15H2,1-3H3,(H,28,31). The monoisotopic (exact) mass is 447 g/mol. The molecule has 4 aromatic rings. The summed E-state index contributed by atoms with van der Waals surface area (Å²) in [6.07, 6.45) is 0. The maximum absolute atomic E-state index is 12.8. The van der Waals surface area contributed by atoms with Gasteiger partial charge >= 0.3 is 0 Å². The number of benzene rings is 3. The van der Waals surface area contributed by atoms with Crippen LogP contribution in [0, 0.1) is 13.8 Å². The van der Waals surface area contributed by atoms with Gasteiger partial charge in [-0.3, -0.25) is 4.79 Å². The van der Waals surface area contributed by atoms with Crippen LogP contribution in [0.3, 0.4) is 0 Å².